The number of anilines is 1. The Bertz CT molecular complexity index is 1130. The van der Waals surface area contributed by atoms with E-state index in [9.17, 15) is 13.2 Å². The molecule has 0 atom stereocenters. The Labute approximate surface area is 159 Å². The van der Waals surface area contributed by atoms with Crippen molar-refractivity contribution in [3.05, 3.63) is 81.8 Å². The number of rotatable bonds is 5. The van der Waals surface area contributed by atoms with Gasteiger partial charge < -0.3 is 0 Å². The first kappa shape index (κ1) is 19.0. The maximum absolute atomic E-state index is 13.2. The molecule has 7 heteroatoms. The van der Waals surface area contributed by atoms with Crippen LogP contribution in [0.5, 0.6) is 0 Å². The van der Waals surface area contributed by atoms with Crippen molar-refractivity contribution in [1.82, 2.24) is 9.36 Å². The van der Waals surface area contributed by atoms with Crippen LogP contribution in [-0.2, 0) is 23.6 Å². The van der Waals surface area contributed by atoms with Crippen LogP contribution in [0.1, 0.15) is 16.8 Å². The number of benzene rings is 2. The van der Waals surface area contributed by atoms with Gasteiger partial charge in [0.2, 0.25) is 10.0 Å². The van der Waals surface area contributed by atoms with Crippen LogP contribution < -0.4 is 9.86 Å². The fraction of sp³-hybridized carbons (Fsp3) is 0.250. The summed E-state index contributed by atoms with van der Waals surface area (Å²) < 4.78 is 29.5. The zero-order valence-corrected chi connectivity index (χ0v) is 16.7. The van der Waals surface area contributed by atoms with E-state index >= 15 is 0 Å². The summed E-state index contributed by atoms with van der Waals surface area (Å²) in [5.74, 6) is 0. The second-order valence-corrected chi connectivity index (χ2v) is 8.51. The van der Waals surface area contributed by atoms with Gasteiger partial charge in [-0.3, -0.25) is 13.8 Å². The molecule has 1 aromatic heterocycles. The molecule has 0 unspecified atom stereocenters. The molecule has 0 radical (unpaired) electrons. The molecular formula is C20H23N3O3S. The molecule has 3 aromatic rings. The lowest BCUT2D eigenvalue weighted by atomic mass is 10.1. The zero-order chi connectivity index (χ0) is 19.8. The third kappa shape index (κ3) is 3.55. The molecule has 27 heavy (non-hydrogen) atoms. The average molecular weight is 385 g/mol. The molecule has 0 spiro atoms. The quantitative estimate of drug-likeness (QED) is 0.678. The Kier molecular flexibility index (Phi) is 4.97. The summed E-state index contributed by atoms with van der Waals surface area (Å²) in [6.07, 6.45) is 1.13. The van der Waals surface area contributed by atoms with E-state index in [1.54, 1.807) is 18.7 Å². The standard InChI is InChI=1S/C20H23N3O3S/c1-15-10-8-9-11-17(15)14-22(27(4,25)26)19-16(2)21(3)23(20(19)24)18-12-6-5-7-13-18/h5-13H,14H2,1-4H3. The van der Waals surface area contributed by atoms with Gasteiger partial charge in [0.15, 0.2) is 0 Å². The average Bonchev–Trinajstić information content (AvgIpc) is 2.83. The van der Waals surface area contributed by atoms with E-state index in [0.29, 0.717) is 11.4 Å². The van der Waals surface area contributed by atoms with E-state index in [4.69, 9.17) is 0 Å². The maximum atomic E-state index is 13.2. The molecule has 0 aliphatic carbocycles. The molecule has 0 bridgehead atoms. The number of nitrogens with zero attached hydrogens (tertiary/aromatic N) is 3. The molecule has 0 saturated heterocycles. The van der Waals surface area contributed by atoms with Crippen molar-refractivity contribution < 1.29 is 8.42 Å². The van der Waals surface area contributed by atoms with E-state index in [2.05, 4.69) is 0 Å². The molecule has 2 aromatic carbocycles. The number of sulfonamides is 1. The lowest BCUT2D eigenvalue weighted by Gasteiger charge is -2.22. The van der Waals surface area contributed by atoms with Crippen molar-refractivity contribution in [3.8, 4) is 5.69 Å². The van der Waals surface area contributed by atoms with Crippen LogP contribution in [0.2, 0.25) is 0 Å². The van der Waals surface area contributed by atoms with Gasteiger partial charge in [-0.1, -0.05) is 42.5 Å². The topological polar surface area (TPSA) is 64.3 Å². The highest BCUT2D eigenvalue weighted by molar-refractivity contribution is 7.92. The number of aromatic nitrogens is 2. The van der Waals surface area contributed by atoms with Crippen molar-refractivity contribution in [3.63, 3.8) is 0 Å². The van der Waals surface area contributed by atoms with Gasteiger partial charge in [-0.2, -0.15) is 0 Å². The first-order chi connectivity index (χ1) is 12.7. The van der Waals surface area contributed by atoms with Crippen molar-refractivity contribution in [2.75, 3.05) is 10.6 Å². The summed E-state index contributed by atoms with van der Waals surface area (Å²) in [5.41, 5.74) is 2.92. The number of hydrogen-bond donors (Lipinski definition) is 0. The van der Waals surface area contributed by atoms with Gasteiger partial charge in [0.25, 0.3) is 5.56 Å². The Morgan fingerprint density at radius 3 is 2.15 bits per heavy atom. The zero-order valence-electron chi connectivity index (χ0n) is 15.9. The SMILES string of the molecule is Cc1ccccc1CN(c1c(C)n(C)n(-c2ccccc2)c1=O)S(C)(=O)=O. The van der Waals surface area contributed by atoms with Crippen LogP contribution in [0.3, 0.4) is 0 Å². The predicted molar refractivity (Wildman–Crippen MR) is 108 cm³/mol. The van der Waals surface area contributed by atoms with Crippen molar-refractivity contribution in [1.29, 1.82) is 0 Å². The minimum absolute atomic E-state index is 0.111. The monoisotopic (exact) mass is 385 g/mol. The van der Waals surface area contributed by atoms with Crippen molar-refractivity contribution >= 4 is 15.7 Å². The van der Waals surface area contributed by atoms with Gasteiger partial charge in [-0.05, 0) is 37.1 Å². The van der Waals surface area contributed by atoms with E-state index in [1.165, 1.54) is 8.99 Å². The summed E-state index contributed by atoms with van der Waals surface area (Å²) in [7, 11) is -1.91. The van der Waals surface area contributed by atoms with E-state index in [-0.39, 0.29) is 17.8 Å². The largest absolute Gasteiger partial charge is 0.296 e. The molecule has 0 saturated carbocycles. The number of aryl methyl sites for hydroxylation is 1. The predicted octanol–water partition coefficient (Wildman–Crippen LogP) is 2.76. The molecule has 0 N–H and O–H groups in total. The van der Waals surface area contributed by atoms with Gasteiger partial charge in [0.1, 0.15) is 5.69 Å². The fourth-order valence-electron chi connectivity index (χ4n) is 3.15. The van der Waals surface area contributed by atoms with Crippen molar-refractivity contribution in [2.45, 2.75) is 20.4 Å². The molecule has 0 aliphatic rings. The molecule has 0 amide bonds. The summed E-state index contributed by atoms with van der Waals surface area (Å²) in [4.78, 5) is 13.2. The summed E-state index contributed by atoms with van der Waals surface area (Å²) in [6, 6.07) is 16.7. The highest BCUT2D eigenvalue weighted by Gasteiger charge is 2.27. The first-order valence-corrected chi connectivity index (χ1v) is 10.4. The maximum Gasteiger partial charge on any atom is 0.296 e. The van der Waals surface area contributed by atoms with Crippen LogP contribution in [-0.4, -0.2) is 24.0 Å². The minimum atomic E-state index is -3.66. The van der Waals surface area contributed by atoms with Gasteiger partial charge in [0.05, 0.1) is 24.2 Å². The van der Waals surface area contributed by atoms with Crippen LogP contribution in [0.15, 0.2) is 59.4 Å². The summed E-state index contributed by atoms with van der Waals surface area (Å²) in [5, 5.41) is 0. The lowest BCUT2D eigenvalue weighted by molar-refractivity contribution is 0.596. The molecule has 1 heterocycles. The molecule has 142 valence electrons. The van der Waals surface area contributed by atoms with E-state index < -0.39 is 10.0 Å². The number of para-hydroxylation sites is 1. The normalized spacial score (nSPS) is 11.6. The number of hydrogen-bond acceptors (Lipinski definition) is 3. The third-order valence-corrected chi connectivity index (χ3v) is 5.86. The molecular weight excluding hydrogens is 362 g/mol. The van der Waals surface area contributed by atoms with Crippen LogP contribution in [0.4, 0.5) is 5.69 Å². The van der Waals surface area contributed by atoms with E-state index in [1.807, 2.05) is 61.5 Å². The Morgan fingerprint density at radius 2 is 1.56 bits per heavy atom. The first-order valence-electron chi connectivity index (χ1n) is 8.58. The van der Waals surface area contributed by atoms with Crippen molar-refractivity contribution in [2.24, 2.45) is 7.05 Å². The molecule has 6 nitrogen and oxygen atoms in total. The second kappa shape index (κ2) is 7.08. The summed E-state index contributed by atoms with van der Waals surface area (Å²) in [6.45, 7) is 3.79. The molecule has 0 aliphatic heterocycles. The highest BCUT2D eigenvalue weighted by atomic mass is 32.2. The highest BCUT2D eigenvalue weighted by Crippen LogP contribution is 2.24. The smallest absolute Gasteiger partial charge is 0.283 e. The van der Waals surface area contributed by atoms with Gasteiger partial charge in [-0.25, -0.2) is 13.1 Å². The minimum Gasteiger partial charge on any atom is -0.283 e. The van der Waals surface area contributed by atoms with Gasteiger partial charge in [-0.15, -0.1) is 0 Å². The third-order valence-electron chi connectivity index (χ3n) is 4.75. The lowest BCUT2D eigenvalue weighted by Crippen LogP contribution is -2.34. The second-order valence-electron chi connectivity index (χ2n) is 6.61. The van der Waals surface area contributed by atoms with Gasteiger partial charge in [0, 0.05) is 7.05 Å². The molecule has 3 rings (SSSR count). The van der Waals surface area contributed by atoms with Crippen LogP contribution in [0, 0.1) is 13.8 Å². The fourth-order valence-corrected chi connectivity index (χ4v) is 4.06. The van der Waals surface area contributed by atoms with E-state index in [0.717, 1.165) is 17.4 Å². The van der Waals surface area contributed by atoms with Crippen LogP contribution >= 0.6 is 0 Å². The van der Waals surface area contributed by atoms with Gasteiger partial charge >= 0.3 is 0 Å². The van der Waals surface area contributed by atoms with Crippen LogP contribution in [0.25, 0.3) is 5.69 Å². The summed E-state index contributed by atoms with van der Waals surface area (Å²) >= 11 is 0. The Hall–Kier alpha value is -2.80. The Balaban J connectivity index is 2.20. The Morgan fingerprint density at radius 1 is 0.963 bits per heavy atom. The molecule has 0 fully saturated rings.